The van der Waals surface area contributed by atoms with Crippen LogP contribution >= 0.6 is 0 Å². The highest BCUT2D eigenvalue weighted by Crippen LogP contribution is 2.17. The Morgan fingerprint density at radius 2 is 1.69 bits per heavy atom. The number of piperazine rings is 1. The maximum Gasteiger partial charge on any atom is 0.274 e. The minimum Gasteiger partial charge on any atom is -0.335 e. The number of pyridine rings is 1. The van der Waals surface area contributed by atoms with Crippen LogP contribution in [0.1, 0.15) is 39.4 Å². The third-order valence-corrected chi connectivity index (χ3v) is 5.01. The molecule has 4 rings (SSSR count). The maximum absolute atomic E-state index is 12.7. The number of aromatic nitrogens is 3. The summed E-state index contributed by atoms with van der Waals surface area (Å²) in [5.74, 6) is -0.254. The highest BCUT2D eigenvalue weighted by molar-refractivity contribution is 5.95. The zero-order valence-corrected chi connectivity index (χ0v) is 14.5. The molecule has 0 saturated carbocycles. The standard InChI is InChI=1S/C18H21N5O3/c24-16-11-13(4-5-19-16)17(25)21-7-9-22(10-8-21)18(26)15-12-14-3-1-2-6-23(14)20-15/h4-5,11-12H,1-3,6-10H2,(H,19,24). The van der Waals surface area contributed by atoms with Crippen LogP contribution in [0, 0.1) is 0 Å². The fraction of sp³-hybridized carbons (Fsp3) is 0.444. The molecule has 26 heavy (non-hydrogen) atoms. The van der Waals surface area contributed by atoms with Crippen LogP contribution in [0.3, 0.4) is 0 Å². The van der Waals surface area contributed by atoms with E-state index < -0.39 is 0 Å². The van der Waals surface area contributed by atoms with Crippen molar-refractivity contribution in [2.24, 2.45) is 0 Å². The number of rotatable bonds is 2. The van der Waals surface area contributed by atoms with Gasteiger partial charge in [0.25, 0.3) is 11.8 Å². The van der Waals surface area contributed by atoms with E-state index in [0.717, 1.165) is 31.5 Å². The van der Waals surface area contributed by atoms with Gasteiger partial charge in [0.1, 0.15) is 0 Å². The molecule has 0 bridgehead atoms. The lowest BCUT2D eigenvalue weighted by molar-refractivity contribution is 0.0531. The number of aromatic amines is 1. The molecule has 0 radical (unpaired) electrons. The van der Waals surface area contributed by atoms with Crippen LogP contribution in [0.5, 0.6) is 0 Å². The van der Waals surface area contributed by atoms with E-state index in [1.165, 1.54) is 12.3 Å². The minimum atomic E-state index is -0.298. The Morgan fingerprint density at radius 1 is 0.962 bits per heavy atom. The van der Waals surface area contributed by atoms with Gasteiger partial charge in [-0.05, 0) is 31.4 Å². The van der Waals surface area contributed by atoms with E-state index in [9.17, 15) is 14.4 Å². The molecule has 0 atom stereocenters. The molecule has 0 aliphatic carbocycles. The normalized spacial score (nSPS) is 17.1. The zero-order chi connectivity index (χ0) is 18.1. The van der Waals surface area contributed by atoms with Crippen LogP contribution in [0.4, 0.5) is 0 Å². The molecule has 1 fully saturated rings. The smallest absolute Gasteiger partial charge is 0.274 e. The summed E-state index contributed by atoms with van der Waals surface area (Å²) < 4.78 is 1.93. The van der Waals surface area contributed by atoms with Crippen molar-refractivity contribution in [3.05, 3.63) is 51.7 Å². The predicted molar refractivity (Wildman–Crippen MR) is 94.0 cm³/mol. The van der Waals surface area contributed by atoms with Crippen molar-refractivity contribution in [1.82, 2.24) is 24.6 Å². The largest absolute Gasteiger partial charge is 0.335 e. The molecule has 1 saturated heterocycles. The number of hydrogen-bond donors (Lipinski definition) is 1. The highest BCUT2D eigenvalue weighted by Gasteiger charge is 2.27. The molecule has 8 heteroatoms. The van der Waals surface area contributed by atoms with E-state index in [1.807, 2.05) is 10.7 Å². The molecule has 0 spiro atoms. The molecule has 4 heterocycles. The third-order valence-electron chi connectivity index (χ3n) is 5.01. The van der Waals surface area contributed by atoms with Gasteiger partial charge in [0.15, 0.2) is 5.69 Å². The third kappa shape index (κ3) is 3.14. The SMILES string of the molecule is O=C(c1cc[nH]c(=O)c1)N1CCN(C(=O)c2cc3n(n2)CCCC3)CC1. The van der Waals surface area contributed by atoms with Crippen LogP contribution in [0.15, 0.2) is 29.2 Å². The average molecular weight is 355 g/mol. The molecule has 1 N–H and O–H groups in total. The van der Waals surface area contributed by atoms with Gasteiger partial charge in [-0.25, -0.2) is 0 Å². The van der Waals surface area contributed by atoms with E-state index in [-0.39, 0.29) is 17.4 Å². The second kappa shape index (κ2) is 6.78. The molecular weight excluding hydrogens is 334 g/mol. The molecular formula is C18H21N5O3. The van der Waals surface area contributed by atoms with Gasteiger partial charge in [-0.2, -0.15) is 5.10 Å². The first-order valence-electron chi connectivity index (χ1n) is 8.96. The second-order valence-electron chi connectivity index (χ2n) is 6.73. The molecule has 2 amide bonds. The fourth-order valence-electron chi connectivity index (χ4n) is 3.56. The minimum absolute atomic E-state index is 0.0739. The number of amides is 2. The molecule has 2 aliphatic heterocycles. The van der Waals surface area contributed by atoms with Crippen molar-refractivity contribution < 1.29 is 9.59 Å². The van der Waals surface area contributed by atoms with E-state index in [2.05, 4.69) is 10.1 Å². The summed E-state index contributed by atoms with van der Waals surface area (Å²) in [6, 6.07) is 4.79. The van der Waals surface area contributed by atoms with Crippen molar-refractivity contribution in [2.45, 2.75) is 25.8 Å². The maximum atomic E-state index is 12.7. The quantitative estimate of drug-likeness (QED) is 0.849. The summed E-state index contributed by atoms with van der Waals surface area (Å²) in [5, 5.41) is 4.44. The summed E-state index contributed by atoms with van der Waals surface area (Å²) in [6.45, 7) is 2.71. The van der Waals surface area contributed by atoms with Crippen molar-refractivity contribution in [2.75, 3.05) is 26.2 Å². The molecule has 8 nitrogen and oxygen atoms in total. The Morgan fingerprint density at radius 3 is 2.38 bits per heavy atom. The molecule has 2 aromatic rings. The lowest BCUT2D eigenvalue weighted by Crippen LogP contribution is -2.50. The Kier molecular flexibility index (Phi) is 4.32. The summed E-state index contributed by atoms with van der Waals surface area (Å²) in [7, 11) is 0. The number of fused-ring (bicyclic) bond motifs is 1. The monoisotopic (exact) mass is 355 g/mol. The summed E-state index contributed by atoms with van der Waals surface area (Å²) >= 11 is 0. The van der Waals surface area contributed by atoms with Crippen molar-refractivity contribution in [3.8, 4) is 0 Å². The van der Waals surface area contributed by atoms with Gasteiger partial charge in [0.05, 0.1) is 0 Å². The van der Waals surface area contributed by atoms with E-state index in [0.29, 0.717) is 37.4 Å². The first-order valence-corrected chi connectivity index (χ1v) is 8.96. The van der Waals surface area contributed by atoms with Crippen LogP contribution in [0.2, 0.25) is 0 Å². The topological polar surface area (TPSA) is 91.3 Å². The van der Waals surface area contributed by atoms with Gasteiger partial charge in [-0.15, -0.1) is 0 Å². The number of aryl methyl sites for hydroxylation is 2. The van der Waals surface area contributed by atoms with Crippen molar-refractivity contribution in [3.63, 3.8) is 0 Å². The van der Waals surface area contributed by atoms with E-state index in [1.54, 1.807) is 15.9 Å². The van der Waals surface area contributed by atoms with Crippen LogP contribution in [-0.2, 0) is 13.0 Å². The van der Waals surface area contributed by atoms with Gasteiger partial charge >= 0.3 is 0 Å². The van der Waals surface area contributed by atoms with Gasteiger partial charge in [0, 0.05) is 56.2 Å². The summed E-state index contributed by atoms with van der Waals surface area (Å²) in [4.78, 5) is 42.5. The summed E-state index contributed by atoms with van der Waals surface area (Å²) in [5.41, 5.74) is 1.70. The average Bonchev–Trinajstić information content (AvgIpc) is 3.11. The first kappa shape index (κ1) is 16.6. The van der Waals surface area contributed by atoms with Crippen LogP contribution in [-0.4, -0.2) is 62.6 Å². The predicted octanol–water partition coefficient (Wildman–Crippen LogP) is 0.506. The zero-order valence-electron chi connectivity index (χ0n) is 14.5. The lowest BCUT2D eigenvalue weighted by atomic mass is 10.1. The van der Waals surface area contributed by atoms with Crippen LogP contribution in [0.25, 0.3) is 0 Å². The van der Waals surface area contributed by atoms with Gasteiger partial charge in [0.2, 0.25) is 5.56 Å². The number of nitrogens with one attached hydrogen (secondary N) is 1. The van der Waals surface area contributed by atoms with Gasteiger partial charge in [-0.1, -0.05) is 0 Å². The Labute approximate surface area is 150 Å². The van der Waals surface area contributed by atoms with Crippen molar-refractivity contribution >= 4 is 11.8 Å². The van der Waals surface area contributed by atoms with Gasteiger partial charge in [-0.3, -0.25) is 19.1 Å². The lowest BCUT2D eigenvalue weighted by Gasteiger charge is -2.34. The van der Waals surface area contributed by atoms with E-state index >= 15 is 0 Å². The number of H-pyrrole nitrogens is 1. The van der Waals surface area contributed by atoms with Crippen LogP contribution < -0.4 is 5.56 Å². The number of hydrogen-bond acceptors (Lipinski definition) is 4. The number of carbonyl (C=O) groups excluding carboxylic acids is 2. The first-order chi connectivity index (χ1) is 12.6. The Balaban J connectivity index is 1.40. The molecule has 2 aromatic heterocycles. The second-order valence-corrected chi connectivity index (χ2v) is 6.73. The molecule has 0 aromatic carbocycles. The molecule has 2 aliphatic rings. The van der Waals surface area contributed by atoms with Crippen molar-refractivity contribution in [1.29, 1.82) is 0 Å². The Bertz CT molecular complexity index is 869. The Hall–Kier alpha value is -2.90. The van der Waals surface area contributed by atoms with Gasteiger partial charge < -0.3 is 14.8 Å². The van der Waals surface area contributed by atoms with E-state index in [4.69, 9.17) is 0 Å². The molecule has 0 unspecified atom stereocenters. The number of carbonyl (C=O) groups is 2. The fourth-order valence-corrected chi connectivity index (χ4v) is 3.56. The molecule has 136 valence electrons. The summed E-state index contributed by atoms with van der Waals surface area (Å²) in [6.07, 6.45) is 4.68. The number of nitrogens with zero attached hydrogens (tertiary/aromatic N) is 4. The highest BCUT2D eigenvalue weighted by atomic mass is 16.2.